The lowest BCUT2D eigenvalue weighted by molar-refractivity contribution is 0.0621. The van der Waals surface area contributed by atoms with Crippen molar-refractivity contribution in [3.8, 4) is 0 Å². The van der Waals surface area contributed by atoms with Crippen molar-refractivity contribution < 1.29 is 0 Å². The molecular weight excluding hydrogens is 186 g/mol. The van der Waals surface area contributed by atoms with Gasteiger partial charge in [-0.05, 0) is 38.8 Å². The average molecular weight is 209 g/mol. The molecule has 3 rings (SSSR count). The first-order valence-electron chi connectivity index (χ1n) is 6.62. The number of nitrogens with zero attached hydrogens (tertiary/aromatic N) is 2. The summed E-state index contributed by atoms with van der Waals surface area (Å²) in [6, 6.07) is 1.72. The smallest absolute Gasteiger partial charge is 0.0224 e. The van der Waals surface area contributed by atoms with Crippen LogP contribution in [-0.2, 0) is 0 Å². The van der Waals surface area contributed by atoms with Crippen LogP contribution in [0.15, 0.2) is 0 Å². The van der Waals surface area contributed by atoms with Crippen molar-refractivity contribution in [1.82, 2.24) is 15.1 Å². The Labute approximate surface area is 92.8 Å². The molecule has 3 saturated heterocycles. The molecule has 0 aromatic rings. The fourth-order valence-corrected chi connectivity index (χ4v) is 3.49. The Morgan fingerprint density at radius 3 is 2.60 bits per heavy atom. The highest BCUT2D eigenvalue weighted by Crippen LogP contribution is 2.23. The van der Waals surface area contributed by atoms with E-state index in [0.717, 1.165) is 12.1 Å². The van der Waals surface area contributed by atoms with E-state index in [4.69, 9.17) is 0 Å². The van der Waals surface area contributed by atoms with E-state index in [2.05, 4.69) is 15.1 Å². The van der Waals surface area contributed by atoms with Crippen molar-refractivity contribution in [2.75, 3.05) is 39.3 Å². The average Bonchev–Trinajstić information content (AvgIpc) is 2.77. The van der Waals surface area contributed by atoms with E-state index in [1.807, 2.05) is 0 Å². The van der Waals surface area contributed by atoms with Gasteiger partial charge in [0.05, 0.1) is 0 Å². The van der Waals surface area contributed by atoms with Crippen molar-refractivity contribution in [1.29, 1.82) is 0 Å². The van der Waals surface area contributed by atoms with Gasteiger partial charge < -0.3 is 5.32 Å². The molecule has 0 aromatic carbocycles. The summed E-state index contributed by atoms with van der Waals surface area (Å²) >= 11 is 0. The van der Waals surface area contributed by atoms with Crippen LogP contribution < -0.4 is 5.32 Å². The van der Waals surface area contributed by atoms with Crippen LogP contribution in [0, 0.1) is 0 Å². The summed E-state index contributed by atoms with van der Waals surface area (Å²) in [5.41, 5.74) is 0. The second-order valence-electron chi connectivity index (χ2n) is 5.33. The zero-order valence-corrected chi connectivity index (χ0v) is 9.62. The number of rotatable bonds is 1. The highest BCUT2D eigenvalue weighted by molar-refractivity contribution is 4.90. The summed E-state index contributed by atoms with van der Waals surface area (Å²) in [6.45, 7) is 7.80. The first-order chi connectivity index (χ1) is 7.43. The molecule has 3 aliphatic rings. The third-order valence-electron chi connectivity index (χ3n) is 4.41. The SMILES string of the molecule is C1CNCC(N2CCN3CCCC3C2)C1. The summed E-state index contributed by atoms with van der Waals surface area (Å²) in [7, 11) is 0. The molecule has 15 heavy (non-hydrogen) atoms. The number of fused-ring (bicyclic) bond motifs is 1. The van der Waals surface area contributed by atoms with Gasteiger partial charge in [0, 0.05) is 38.3 Å². The van der Waals surface area contributed by atoms with Crippen molar-refractivity contribution in [2.24, 2.45) is 0 Å². The van der Waals surface area contributed by atoms with Crippen LogP contribution >= 0.6 is 0 Å². The number of hydrogen-bond acceptors (Lipinski definition) is 3. The van der Waals surface area contributed by atoms with Crippen molar-refractivity contribution in [3.05, 3.63) is 0 Å². The summed E-state index contributed by atoms with van der Waals surface area (Å²) in [4.78, 5) is 5.45. The second kappa shape index (κ2) is 4.40. The lowest BCUT2D eigenvalue weighted by Crippen LogP contribution is -2.56. The minimum absolute atomic E-state index is 0.835. The van der Waals surface area contributed by atoms with Gasteiger partial charge in [0.1, 0.15) is 0 Å². The maximum atomic E-state index is 3.54. The molecule has 1 N–H and O–H groups in total. The van der Waals surface area contributed by atoms with Gasteiger partial charge in [0.2, 0.25) is 0 Å². The molecule has 0 bridgehead atoms. The molecule has 3 heteroatoms. The molecule has 3 fully saturated rings. The molecule has 0 amide bonds. The van der Waals surface area contributed by atoms with Gasteiger partial charge in [-0.3, -0.25) is 9.80 Å². The van der Waals surface area contributed by atoms with Crippen LogP contribution in [0.5, 0.6) is 0 Å². The maximum absolute atomic E-state index is 3.54. The zero-order valence-electron chi connectivity index (χ0n) is 9.62. The first kappa shape index (κ1) is 10.1. The van der Waals surface area contributed by atoms with Crippen molar-refractivity contribution >= 4 is 0 Å². The van der Waals surface area contributed by atoms with Gasteiger partial charge >= 0.3 is 0 Å². The molecule has 0 saturated carbocycles. The Morgan fingerprint density at radius 2 is 1.73 bits per heavy atom. The van der Waals surface area contributed by atoms with Crippen LogP contribution in [-0.4, -0.2) is 61.2 Å². The van der Waals surface area contributed by atoms with Gasteiger partial charge in [0.25, 0.3) is 0 Å². The quantitative estimate of drug-likeness (QED) is 0.679. The molecule has 3 nitrogen and oxygen atoms in total. The molecule has 2 atom stereocenters. The van der Waals surface area contributed by atoms with Gasteiger partial charge in [-0.15, -0.1) is 0 Å². The predicted molar refractivity (Wildman–Crippen MR) is 62.1 cm³/mol. The van der Waals surface area contributed by atoms with E-state index in [1.54, 1.807) is 0 Å². The summed E-state index contributed by atoms with van der Waals surface area (Å²) in [5, 5.41) is 3.54. The minimum Gasteiger partial charge on any atom is -0.315 e. The third kappa shape index (κ3) is 2.05. The van der Waals surface area contributed by atoms with E-state index in [9.17, 15) is 0 Å². The second-order valence-corrected chi connectivity index (χ2v) is 5.33. The maximum Gasteiger partial charge on any atom is 0.0224 e. The summed E-state index contributed by atoms with van der Waals surface area (Å²) in [5.74, 6) is 0. The molecule has 0 aliphatic carbocycles. The van der Waals surface area contributed by atoms with E-state index in [-0.39, 0.29) is 0 Å². The molecular formula is C12H23N3. The fourth-order valence-electron chi connectivity index (χ4n) is 3.49. The van der Waals surface area contributed by atoms with Gasteiger partial charge in [-0.25, -0.2) is 0 Å². The van der Waals surface area contributed by atoms with Crippen LogP contribution in [0.25, 0.3) is 0 Å². The van der Waals surface area contributed by atoms with E-state index in [0.29, 0.717) is 0 Å². The molecule has 0 aromatic heterocycles. The monoisotopic (exact) mass is 209 g/mol. The molecule has 0 radical (unpaired) electrons. The zero-order chi connectivity index (χ0) is 10.1. The summed E-state index contributed by atoms with van der Waals surface area (Å²) < 4.78 is 0. The summed E-state index contributed by atoms with van der Waals surface area (Å²) in [6.07, 6.45) is 5.66. The Balaban J connectivity index is 1.58. The largest absolute Gasteiger partial charge is 0.315 e. The first-order valence-corrected chi connectivity index (χ1v) is 6.62. The Hall–Kier alpha value is -0.120. The molecule has 0 spiro atoms. The molecule has 86 valence electrons. The van der Waals surface area contributed by atoms with Crippen LogP contribution in [0.2, 0.25) is 0 Å². The molecule has 2 unspecified atom stereocenters. The van der Waals surface area contributed by atoms with Crippen molar-refractivity contribution in [2.45, 2.75) is 37.8 Å². The highest BCUT2D eigenvalue weighted by atomic mass is 15.3. The lowest BCUT2D eigenvalue weighted by Gasteiger charge is -2.43. The minimum atomic E-state index is 0.835. The molecule has 3 aliphatic heterocycles. The van der Waals surface area contributed by atoms with Crippen LogP contribution in [0.3, 0.4) is 0 Å². The highest BCUT2D eigenvalue weighted by Gasteiger charge is 2.33. The number of piperazine rings is 1. The fraction of sp³-hybridized carbons (Fsp3) is 1.00. The van der Waals surface area contributed by atoms with E-state index in [1.165, 1.54) is 65.0 Å². The Bertz CT molecular complexity index is 213. The topological polar surface area (TPSA) is 18.5 Å². The van der Waals surface area contributed by atoms with Gasteiger partial charge in [-0.1, -0.05) is 0 Å². The number of nitrogens with one attached hydrogen (secondary N) is 1. The normalized spacial score (nSPS) is 39.2. The number of hydrogen-bond donors (Lipinski definition) is 1. The van der Waals surface area contributed by atoms with E-state index >= 15 is 0 Å². The standard InChI is InChI=1S/C12H23N3/c1-3-11(9-13-5-1)15-8-7-14-6-2-4-12(14)10-15/h11-13H,1-10H2. The van der Waals surface area contributed by atoms with Crippen LogP contribution in [0.4, 0.5) is 0 Å². The third-order valence-corrected chi connectivity index (χ3v) is 4.41. The van der Waals surface area contributed by atoms with Crippen molar-refractivity contribution in [3.63, 3.8) is 0 Å². The molecule has 3 heterocycles. The Morgan fingerprint density at radius 1 is 0.867 bits per heavy atom. The van der Waals surface area contributed by atoms with E-state index < -0.39 is 0 Å². The number of piperidine rings is 1. The lowest BCUT2D eigenvalue weighted by atomic mass is 10.0. The van der Waals surface area contributed by atoms with Crippen LogP contribution in [0.1, 0.15) is 25.7 Å². The Kier molecular flexibility index (Phi) is 2.95. The predicted octanol–water partition coefficient (Wildman–Crippen LogP) is 0.518. The van der Waals surface area contributed by atoms with Gasteiger partial charge in [0.15, 0.2) is 0 Å². The van der Waals surface area contributed by atoms with Gasteiger partial charge in [-0.2, -0.15) is 0 Å².